The first-order chi connectivity index (χ1) is 15.0. The van der Waals surface area contributed by atoms with E-state index in [1.807, 2.05) is 11.5 Å². The van der Waals surface area contributed by atoms with Gasteiger partial charge in [0.25, 0.3) is 5.89 Å². The number of hydrogen-bond donors (Lipinski definition) is 2. The van der Waals surface area contributed by atoms with Crippen molar-refractivity contribution in [3.05, 3.63) is 70.8 Å². The van der Waals surface area contributed by atoms with Gasteiger partial charge < -0.3 is 18.8 Å². The lowest BCUT2D eigenvalue weighted by Crippen LogP contribution is -2.11. The van der Waals surface area contributed by atoms with Gasteiger partial charge in [0.05, 0.1) is 5.56 Å². The van der Waals surface area contributed by atoms with E-state index in [2.05, 4.69) is 33.0 Å². The summed E-state index contributed by atoms with van der Waals surface area (Å²) in [5.41, 5.74) is 0.103. The van der Waals surface area contributed by atoms with Gasteiger partial charge in [0.2, 0.25) is 5.89 Å². The third-order valence-corrected chi connectivity index (χ3v) is 5.14. The smallest absolute Gasteiger partial charge is 0.250 e. The minimum atomic E-state index is -0.682. The molecule has 0 bridgehead atoms. The van der Waals surface area contributed by atoms with Gasteiger partial charge in [-0.2, -0.15) is 12.6 Å². The van der Waals surface area contributed by atoms with Gasteiger partial charge in [-0.3, -0.25) is 0 Å². The Kier molecular flexibility index (Phi) is 6.10. The fourth-order valence-corrected chi connectivity index (χ4v) is 3.39. The summed E-state index contributed by atoms with van der Waals surface area (Å²) < 4.78 is 27.3. The molecule has 0 spiro atoms. The summed E-state index contributed by atoms with van der Waals surface area (Å²) in [4.78, 5) is 0. The third-order valence-electron chi connectivity index (χ3n) is 4.45. The number of nitrogens with zero attached hydrogens (tertiary/aromatic N) is 5. The van der Waals surface area contributed by atoms with Crippen LogP contribution in [0, 0.1) is 5.82 Å². The molecule has 160 valence electrons. The fourth-order valence-electron chi connectivity index (χ4n) is 2.92. The van der Waals surface area contributed by atoms with Gasteiger partial charge >= 0.3 is 0 Å². The van der Waals surface area contributed by atoms with Crippen LogP contribution in [0.25, 0.3) is 11.5 Å². The number of phenols is 1. The second kappa shape index (κ2) is 8.94. The molecular weight excluding hydrogens is 445 g/mol. The lowest BCUT2D eigenvalue weighted by Gasteiger charge is -2.11. The number of aromatic nitrogens is 5. The number of rotatable bonds is 7. The van der Waals surface area contributed by atoms with Crippen LogP contribution >= 0.6 is 24.2 Å². The van der Waals surface area contributed by atoms with Crippen LogP contribution in [-0.2, 0) is 13.2 Å². The molecule has 4 aromatic rings. The van der Waals surface area contributed by atoms with Gasteiger partial charge in [-0.25, -0.2) is 4.39 Å². The van der Waals surface area contributed by atoms with E-state index >= 15 is 0 Å². The summed E-state index contributed by atoms with van der Waals surface area (Å²) in [6, 6.07) is 10.4. The molecule has 2 heterocycles. The molecule has 0 aliphatic carbocycles. The molecule has 0 aliphatic rings. The van der Waals surface area contributed by atoms with Crippen LogP contribution in [0.2, 0.25) is 5.02 Å². The largest absolute Gasteiger partial charge is 0.508 e. The van der Waals surface area contributed by atoms with Crippen LogP contribution < -0.4 is 4.74 Å². The minimum absolute atomic E-state index is 0.00694. The first kappa shape index (κ1) is 21.1. The number of thiol groups is 1. The number of benzene rings is 2. The van der Waals surface area contributed by atoms with Crippen molar-refractivity contribution in [2.24, 2.45) is 0 Å². The van der Waals surface area contributed by atoms with E-state index in [1.54, 1.807) is 12.1 Å². The van der Waals surface area contributed by atoms with E-state index in [0.29, 0.717) is 29.0 Å². The number of phenolic OH excluding ortho intramolecular Hbond substituents is 1. The molecule has 0 aliphatic heterocycles. The quantitative estimate of drug-likeness (QED) is 0.392. The van der Waals surface area contributed by atoms with E-state index in [9.17, 15) is 9.50 Å². The molecule has 1 N–H and O–H groups in total. The van der Waals surface area contributed by atoms with E-state index in [1.165, 1.54) is 30.3 Å². The molecule has 11 heteroatoms. The van der Waals surface area contributed by atoms with Crippen LogP contribution in [0.1, 0.15) is 29.7 Å². The van der Waals surface area contributed by atoms with Crippen LogP contribution in [0.4, 0.5) is 4.39 Å². The topological polar surface area (TPSA) is 99.1 Å². The Bertz CT molecular complexity index is 1200. The summed E-state index contributed by atoms with van der Waals surface area (Å²) in [6.45, 7) is 2.64. The van der Waals surface area contributed by atoms with Gasteiger partial charge in [-0.05, 0) is 49.4 Å². The highest BCUT2D eigenvalue weighted by molar-refractivity contribution is 7.80. The van der Waals surface area contributed by atoms with Crippen LogP contribution in [0.15, 0.2) is 46.9 Å². The number of hydrogen-bond acceptors (Lipinski definition) is 8. The lowest BCUT2D eigenvalue weighted by atomic mass is 10.2. The Morgan fingerprint density at radius 1 is 1.16 bits per heavy atom. The first-order valence-corrected chi connectivity index (χ1v) is 10.2. The van der Waals surface area contributed by atoms with Gasteiger partial charge in [-0.1, -0.05) is 11.6 Å². The molecule has 31 heavy (non-hydrogen) atoms. The average molecular weight is 462 g/mol. The highest BCUT2D eigenvalue weighted by Crippen LogP contribution is 2.31. The maximum Gasteiger partial charge on any atom is 0.250 e. The second-order valence-corrected chi connectivity index (χ2v) is 7.43. The normalized spacial score (nSPS) is 12.1. The van der Waals surface area contributed by atoms with Crippen molar-refractivity contribution in [1.29, 1.82) is 0 Å². The Balaban J connectivity index is 1.55. The van der Waals surface area contributed by atoms with Crippen LogP contribution in [0.5, 0.6) is 11.5 Å². The summed E-state index contributed by atoms with van der Waals surface area (Å²) in [5, 5.41) is 25.3. The molecule has 0 saturated carbocycles. The van der Waals surface area contributed by atoms with Gasteiger partial charge in [-0.15, -0.1) is 20.4 Å². The Morgan fingerprint density at radius 2 is 1.94 bits per heavy atom. The predicted octanol–water partition coefficient (Wildman–Crippen LogP) is 4.44. The SMILES string of the molecule is CCn1c(COc2ccc(O)cc2)nnc1C(S)c1nnc(-c2cc(Cl)ccc2F)o1. The molecule has 8 nitrogen and oxygen atoms in total. The van der Waals surface area contributed by atoms with Crippen molar-refractivity contribution < 1.29 is 18.7 Å². The van der Waals surface area contributed by atoms with Crippen molar-refractivity contribution in [1.82, 2.24) is 25.0 Å². The zero-order valence-corrected chi connectivity index (χ0v) is 17.9. The van der Waals surface area contributed by atoms with Gasteiger partial charge in [0.15, 0.2) is 11.6 Å². The number of aromatic hydroxyl groups is 1. The molecule has 2 aromatic carbocycles. The molecule has 0 fully saturated rings. The molecule has 0 radical (unpaired) electrons. The number of halogens is 2. The summed E-state index contributed by atoms with van der Waals surface area (Å²) in [6.07, 6.45) is 0. The van der Waals surface area contributed by atoms with Crippen molar-refractivity contribution in [2.45, 2.75) is 25.3 Å². The molecule has 2 aromatic heterocycles. The molecule has 4 rings (SSSR count). The maximum absolute atomic E-state index is 14.1. The van der Waals surface area contributed by atoms with E-state index in [0.717, 1.165) is 0 Å². The first-order valence-electron chi connectivity index (χ1n) is 9.27. The minimum Gasteiger partial charge on any atom is -0.508 e. The highest BCUT2D eigenvalue weighted by Gasteiger charge is 2.25. The van der Waals surface area contributed by atoms with Crippen LogP contribution in [0.3, 0.4) is 0 Å². The summed E-state index contributed by atoms with van der Waals surface area (Å²) >= 11 is 10.5. The Morgan fingerprint density at radius 3 is 2.68 bits per heavy atom. The molecule has 1 atom stereocenters. The van der Waals surface area contributed by atoms with Crippen molar-refractivity contribution in [2.75, 3.05) is 0 Å². The Labute approximate surface area is 187 Å². The van der Waals surface area contributed by atoms with Crippen LogP contribution in [-0.4, -0.2) is 30.1 Å². The second-order valence-electron chi connectivity index (χ2n) is 6.47. The standard InChI is InChI=1S/C20H17ClFN5O3S/c1-2-27-16(10-29-13-6-4-12(28)5-7-13)23-24-18(27)17(31)20-26-25-19(30-20)14-9-11(21)3-8-15(14)22/h3-9,17,28,31H,2,10H2,1H3. The Hall–Kier alpha value is -3.11. The third kappa shape index (κ3) is 4.49. The van der Waals surface area contributed by atoms with E-state index < -0.39 is 11.1 Å². The van der Waals surface area contributed by atoms with E-state index in [-0.39, 0.29) is 29.7 Å². The molecular formula is C20H17ClFN5O3S. The summed E-state index contributed by atoms with van der Waals surface area (Å²) in [7, 11) is 0. The molecule has 1 unspecified atom stereocenters. The van der Waals surface area contributed by atoms with Crippen molar-refractivity contribution in [3.8, 4) is 23.0 Å². The lowest BCUT2D eigenvalue weighted by molar-refractivity contribution is 0.288. The average Bonchev–Trinajstić information content (AvgIpc) is 3.41. The zero-order chi connectivity index (χ0) is 22.0. The highest BCUT2D eigenvalue weighted by atomic mass is 35.5. The predicted molar refractivity (Wildman–Crippen MR) is 114 cm³/mol. The zero-order valence-electron chi connectivity index (χ0n) is 16.2. The molecule has 0 amide bonds. The monoisotopic (exact) mass is 461 g/mol. The molecule has 0 saturated heterocycles. The van der Waals surface area contributed by atoms with Gasteiger partial charge in [0, 0.05) is 11.6 Å². The summed E-state index contributed by atoms with van der Waals surface area (Å²) in [5.74, 6) is 1.40. The fraction of sp³-hybridized carbons (Fsp3) is 0.200. The van der Waals surface area contributed by atoms with Crippen molar-refractivity contribution >= 4 is 24.2 Å². The van der Waals surface area contributed by atoms with Gasteiger partial charge in [0.1, 0.15) is 29.2 Å². The van der Waals surface area contributed by atoms with Crippen molar-refractivity contribution in [3.63, 3.8) is 0 Å². The maximum atomic E-state index is 14.1. The van der Waals surface area contributed by atoms with E-state index in [4.69, 9.17) is 20.8 Å². The number of ether oxygens (including phenoxy) is 1.